The van der Waals surface area contributed by atoms with Gasteiger partial charge in [-0.05, 0) is 44.2 Å². The lowest BCUT2D eigenvalue weighted by molar-refractivity contribution is 0.424. The smallest absolute Gasteiger partial charge is 0.0545 e. The van der Waals surface area contributed by atoms with Gasteiger partial charge in [0, 0.05) is 17.0 Å². The molecule has 0 aliphatic heterocycles. The van der Waals surface area contributed by atoms with Gasteiger partial charge in [0.25, 0.3) is 0 Å². The van der Waals surface area contributed by atoms with Crippen LogP contribution in [0.25, 0.3) is 0 Å². The molecule has 0 heterocycles. The lowest BCUT2D eigenvalue weighted by Gasteiger charge is -2.20. The lowest BCUT2D eigenvalue weighted by atomic mass is 10.1. The third kappa shape index (κ3) is 4.77. The van der Waals surface area contributed by atoms with Crippen molar-refractivity contribution < 1.29 is 0 Å². The molecule has 1 rings (SSSR count). The number of nitrogens with one attached hydrogen (secondary N) is 1. The van der Waals surface area contributed by atoms with Gasteiger partial charge in [-0.1, -0.05) is 24.6 Å². The van der Waals surface area contributed by atoms with E-state index in [1.807, 2.05) is 0 Å². The molecule has 0 saturated heterocycles. The maximum Gasteiger partial charge on any atom is 0.0545 e. The molecule has 1 nitrogen and oxygen atoms in total. The van der Waals surface area contributed by atoms with Crippen LogP contribution >= 0.6 is 23.4 Å². The highest BCUT2D eigenvalue weighted by Gasteiger charge is 2.09. The Morgan fingerprint density at radius 3 is 2.50 bits per heavy atom. The van der Waals surface area contributed by atoms with Gasteiger partial charge in [0.2, 0.25) is 0 Å². The van der Waals surface area contributed by atoms with Crippen molar-refractivity contribution in [3.8, 4) is 0 Å². The summed E-state index contributed by atoms with van der Waals surface area (Å²) in [6, 6.07) is 6.30. The Morgan fingerprint density at radius 1 is 1.31 bits per heavy atom. The zero-order valence-corrected chi connectivity index (χ0v) is 12.0. The van der Waals surface area contributed by atoms with Gasteiger partial charge in [-0.2, -0.15) is 0 Å². The molecule has 3 heteroatoms. The first kappa shape index (κ1) is 13.9. The molecule has 0 fully saturated rings. The van der Waals surface area contributed by atoms with Crippen molar-refractivity contribution in [3.05, 3.63) is 28.8 Å². The summed E-state index contributed by atoms with van der Waals surface area (Å²) in [6.07, 6.45) is 0. The van der Waals surface area contributed by atoms with E-state index in [-0.39, 0.29) is 5.54 Å². The Morgan fingerprint density at radius 2 is 2.00 bits per heavy atom. The summed E-state index contributed by atoms with van der Waals surface area (Å²) in [4.78, 5) is 1.17. The molecule has 0 aromatic heterocycles. The Bertz CT molecular complexity index is 344. The molecule has 16 heavy (non-hydrogen) atoms. The lowest BCUT2D eigenvalue weighted by Crippen LogP contribution is -2.35. The summed E-state index contributed by atoms with van der Waals surface area (Å²) in [7, 11) is 0. The Balaban J connectivity index is 2.66. The number of benzene rings is 1. The van der Waals surface area contributed by atoms with Crippen LogP contribution in [0.4, 0.5) is 0 Å². The second-order valence-corrected chi connectivity index (χ2v) is 6.51. The minimum atomic E-state index is 0.142. The number of rotatable bonds is 4. The topological polar surface area (TPSA) is 12.0 Å². The van der Waals surface area contributed by atoms with E-state index >= 15 is 0 Å². The SMILES string of the molecule is CCSc1ccc(CNC(C)(C)C)cc1Cl. The van der Waals surface area contributed by atoms with E-state index in [4.69, 9.17) is 11.6 Å². The minimum absolute atomic E-state index is 0.142. The molecule has 0 saturated carbocycles. The first-order valence-corrected chi connectivity index (χ1v) is 6.95. The third-order valence-corrected chi connectivity index (χ3v) is 3.50. The van der Waals surface area contributed by atoms with Crippen molar-refractivity contribution in [1.29, 1.82) is 0 Å². The standard InChI is InChI=1S/C13H20ClNS/c1-5-16-12-7-6-10(8-11(12)14)9-15-13(2,3)4/h6-8,15H,5,9H2,1-4H3. The monoisotopic (exact) mass is 257 g/mol. The number of thioether (sulfide) groups is 1. The molecular formula is C13H20ClNS. The highest BCUT2D eigenvalue weighted by Crippen LogP contribution is 2.27. The average molecular weight is 258 g/mol. The molecule has 0 aliphatic rings. The summed E-state index contributed by atoms with van der Waals surface area (Å²) in [5.74, 6) is 1.05. The van der Waals surface area contributed by atoms with Crippen molar-refractivity contribution in [2.45, 2.75) is 44.7 Å². The van der Waals surface area contributed by atoms with Crippen LogP contribution in [-0.4, -0.2) is 11.3 Å². The molecule has 0 unspecified atom stereocenters. The normalized spacial score (nSPS) is 11.8. The molecule has 1 aromatic carbocycles. The van der Waals surface area contributed by atoms with E-state index in [0.29, 0.717) is 0 Å². The molecule has 0 radical (unpaired) electrons. The third-order valence-electron chi connectivity index (χ3n) is 2.12. The Hall–Kier alpha value is -0.180. The van der Waals surface area contributed by atoms with Crippen LogP contribution in [0.1, 0.15) is 33.3 Å². The maximum atomic E-state index is 6.21. The van der Waals surface area contributed by atoms with E-state index in [9.17, 15) is 0 Å². The summed E-state index contributed by atoms with van der Waals surface area (Å²) in [5.41, 5.74) is 1.38. The fourth-order valence-electron chi connectivity index (χ4n) is 1.29. The highest BCUT2D eigenvalue weighted by molar-refractivity contribution is 7.99. The highest BCUT2D eigenvalue weighted by atomic mass is 35.5. The quantitative estimate of drug-likeness (QED) is 0.806. The van der Waals surface area contributed by atoms with Crippen LogP contribution < -0.4 is 5.32 Å². The second kappa shape index (κ2) is 5.95. The largest absolute Gasteiger partial charge is 0.308 e. The fourth-order valence-corrected chi connectivity index (χ4v) is 2.33. The van der Waals surface area contributed by atoms with Crippen LogP contribution in [0.2, 0.25) is 5.02 Å². The molecule has 0 atom stereocenters. The van der Waals surface area contributed by atoms with Gasteiger partial charge < -0.3 is 5.32 Å². The van der Waals surface area contributed by atoms with E-state index in [2.05, 4.69) is 51.2 Å². The molecule has 1 aromatic rings. The van der Waals surface area contributed by atoms with E-state index in [1.165, 1.54) is 10.5 Å². The number of hydrogen-bond acceptors (Lipinski definition) is 2. The second-order valence-electron chi connectivity index (χ2n) is 4.80. The van der Waals surface area contributed by atoms with E-state index in [1.54, 1.807) is 11.8 Å². The molecule has 0 spiro atoms. The zero-order valence-electron chi connectivity index (χ0n) is 10.4. The molecule has 1 N–H and O–H groups in total. The van der Waals surface area contributed by atoms with Crippen molar-refractivity contribution in [2.24, 2.45) is 0 Å². The number of halogens is 1. The molecule has 0 bridgehead atoms. The van der Waals surface area contributed by atoms with Gasteiger partial charge in [0.05, 0.1) is 5.02 Å². The van der Waals surface area contributed by atoms with Gasteiger partial charge in [-0.15, -0.1) is 11.8 Å². The van der Waals surface area contributed by atoms with Gasteiger partial charge in [0.1, 0.15) is 0 Å². The average Bonchev–Trinajstić information content (AvgIpc) is 2.18. The predicted molar refractivity (Wildman–Crippen MR) is 74.4 cm³/mol. The van der Waals surface area contributed by atoms with Gasteiger partial charge in [-0.25, -0.2) is 0 Å². The first-order valence-electron chi connectivity index (χ1n) is 5.58. The van der Waals surface area contributed by atoms with Crippen molar-refractivity contribution in [2.75, 3.05) is 5.75 Å². The summed E-state index contributed by atoms with van der Waals surface area (Å²) < 4.78 is 0. The summed E-state index contributed by atoms with van der Waals surface area (Å²) in [6.45, 7) is 9.48. The van der Waals surface area contributed by atoms with E-state index in [0.717, 1.165) is 17.3 Å². The zero-order chi connectivity index (χ0) is 12.2. The molecule has 90 valence electrons. The minimum Gasteiger partial charge on any atom is -0.308 e. The summed E-state index contributed by atoms with van der Waals surface area (Å²) in [5, 5.41) is 4.31. The Kier molecular flexibility index (Phi) is 5.16. The molecular weight excluding hydrogens is 238 g/mol. The van der Waals surface area contributed by atoms with Crippen LogP contribution in [-0.2, 0) is 6.54 Å². The van der Waals surface area contributed by atoms with Gasteiger partial charge in [0.15, 0.2) is 0 Å². The van der Waals surface area contributed by atoms with Crippen molar-refractivity contribution in [3.63, 3.8) is 0 Å². The van der Waals surface area contributed by atoms with E-state index < -0.39 is 0 Å². The van der Waals surface area contributed by atoms with Crippen LogP contribution in [0, 0.1) is 0 Å². The van der Waals surface area contributed by atoms with Gasteiger partial charge >= 0.3 is 0 Å². The first-order chi connectivity index (χ1) is 7.42. The maximum absolute atomic E-state index is 6.21. The predicted octanol–water partition coefficient (Wildman–Crippen LogP) is 4.34. The summed E-state index contributed by atoms with van der Waals surface area (Å²) >= 11 is 7.99. The Labute approximate surface area is 108 Å². The van der Waals surface area contributed by atoms with Crippen LogP contribution in [0.3, 0.4) is 0 Å². The van der Waals surface area contributed by atoms with Crippen molar-refractivity contribution in [1.82, 2.24) is 5.32 Å². The van der Waals surface area contributed by atoms with Crippen LogP contribution in [0.5, 0.6) is 0 Å². The van der Waals surface area contributed by atoms with Gasteiger partial charge in [-0.3, -0.25) is 0 Å². The number of hydrogen-bond donors (Lipinski definition) is 1. The molecule has 0 aliphatic carbocycles. The molecule has 0 amide bonds. The van der Waals surface area contributed by atoms with Crippen LogP contribution in [0.15, 0.2) is 23.1 Å². The van der Waals surface area contributed by atoms with Crippen molar-refractivity contribution >= 4 is 23.4 Å². The fraction of sp³-hybridized carbons (Fsp3) is 0.538.